The van der Waals surface area contributed by atoms with Crippen LogP contribution in [0.25, 0.3) is 5.69 Å². The van der Waals surface area contributed by atoms with Gasteiger partial charge in [-0.25, -0.2) is 0 Å². The highest BCUT2D eigenvalue weighted by molar-refractivity contribution is 7.99. The predicted octanol–water partition coefficient (Wildman–Crippen LogP) is 5.71. The minimum atomic E-state index is -0.0723. The van der Waals surface area contributed by atoms with Crippen LogP contribution >= 0.6 is 11.8 Å². The first-order valence-electron chi connectivity index (χ1n) is 11.6. The third kappa shape index (κ3) is 6.42. The molecular weight excluding hydrogens is 458 g/mol. The van der Waals surface area contributed by atoms with Crippen molar-refractivity contribution in [2.24, 2.45) is 0 Å². The van der Waals surface area contributed by atoms with Gasteiger partial charge in [0.25, 0.3) is 0 Å². The van der Waals surface area contributed by atoms with Gasteiger partial charge in [-0.1, -0.05) is 60.3 Å². The van der Waals surface area contributed by atoms with E-state index in [-0.39, 0.29) is 5.91 Å². The van der Waals surface area contributed by atoms with Crippen LogP contribution in [0.5, 0.6) is 5.75 Å². The summed E-state index contributed by atoms with van der Waals surface area (Å²) in [5.41, 5.74) is 3.90. The number of para-hydroxylation sites is 4. The third-order valence-corrected chi connectivity index (χ3v) is 6.25. The molecule has 7 nitrogen and oxygen atoms in total. The Hall–Kier alpha value is -3.78. The van der Waals surface area contributed by atoms with Crippen molar-refractivity contribution in [3.63, 3.8) is 0 Å². The largest absolute Gasteiger partial charge is 0.492 e. The average Bonchev–Trinajstić information content (AvgIpc) is 3.28. The standard InChI is InChI=1S/C27H29N5O2S/c1-3-34-24-16-10-9-15-23(24)29-26(33)17-18-35-27-31-30-25(32(27)21-12-5-4-6-13-21)19-28-22-14-8-7-11-20(22)2/h4-16,28H,3,17-19H2,1-2H3,(H,29,33). The summed E-state index contributed by atoms with van der Waals surface area (Å²) < 4.78 is 7.63. The number of aromatic nitrogens is 3. The number of nitrogens with one attached hydrogen (secondary N) is 2. The number of ether oxygens (including phenoxy) is 1. The van der Waals surface area contributed by atoms with Gasteiger partial charge in [-0.3, -0.25) is 9.36 Å². The first-order chi connectivity index (χ1) is 17.2. The molecule has 0 aliphatic rings. The number of thioether (sulfide) groups is 1. The van der Waals surface area contributed by atoms with E-state index < -0.39 is 0 Å². The second-order valence-corrected chi connectivity index (χ2v) is 8.88. The molecule has 1 amide bonds. The van der Waals surface area contributed by atoms with E-state index in [4.69, 9.17) is 4.74 Å². The fraction of sp³-hybridized carbons (Fsp3) is 0.222. The summed E-state index contributed by atoms with van der Waals surface area (Å²) >= 11 is 1.51. The number of carbonyl (C=O) groups is 1. The molecule has 0 fully saturated rings. The molecule has 0 saturated carbocycles. The van der Waals surface area contributed by atoms with Crippen LogP contribution in [0.15, 0.2) is 84.0 Å². The fourth-order valence-electron chi connectivity index (χ4n) is 3.59. The molecule has 4 rings (SSSR count). The zero-order valence-electron chi connectivity index (χ0n) is 19.9. The first kappa shape index (κ1) is 24.3. The Kier molecular flexibility index (Phi) is 8.40. The lowest BCUT2D eigenvalue weighted by molar-refractivity contribution is -0.115. The van der Waals surface area contributed by atoms with Crippen LogP contribution < -0.4 is 15.4 Å². The smallest absolute Gasteiger partial charge is 0.225 e. The topological polar surface area (TPSA) is 81.1 Å². The number of rotatable bonds is 11. The molecule has 4 aromatic rings. The molecule has 180 valence electrons. The van der Waals surface area contributed by atoms with Crippen LogP contribution in [0, 0.1) is 6.92 Å². The van der Waals surface area contributed by atoms with Crippen LogP contribution in [0.3, 0.4) is 0 Å². The zero-order valence-corrected chi connectivity index (χ0v) is 20.7. The van der Waals surface area contributed by atoms with Gasteiger partial charge in [-0.2, -0.15) is 0 Å². The molecule has 0 aliphatic carbocycles. The highest BCUT2D eigenvalue weighted by Gasteiger charge is 2.15. The van der Waals surface area contributed by atoms with E-state index in [1.807, 2.05) is 78.2 Å². The first-order valence-corrected chi connectivity index (χ1v) is 12.6. The van der Waals surface area contributed by atoms with Gasteiger partial charge in [0.05, 0.1) is 18.8 Å². The molecule has 0 unspecified atom stereocenters. The van der Waals surface area contributed by atoms with Crippen LogP contribution in [-0.2, 0) is 11.3 Å². The molecule has 0 bridgehead atoms. The zero-order chi connectivity index (χ0) is 24.5. The highest BCUT2D eigenvalue weighted by Crippen LogP contribution is 2.26. The van der Waals surface area contributed by atoms with Gasteiger partial charge in [0.1, 0.15) is 5.75 Å². The Morgan fingerprint density at radius 3 is 2.43 bits per heavy atom. The van der Waals surface area contributed by atoms with Gasteiger partial charge in [-0.05, 0) is 49.7 Å². The molecule has 1 aromatic heterocycles. The van der Waals surface area contributed by atoms with E-state index in [9.17, 15) is 4.79 Å². The summed E-state index contributed by atoms with van der Waals surface area (Å²) in [4.78, 5) is 12.6. The molecule has 35 heavy (non-hydrogen) atoms. The van der Waals surface area contributed by atoms with E-state index in [1.165, 1.54) is 17.3 Å². The van der Waals surface area contributed by atoms with Gasteiger partial charge in [-0.15, -0.1) is 10.2 Å². The second kappa shape index (κ2) is 12.1. The second-order valence-electron chi connectivity index (χ2n) is 7.81. The fourth-order valence-corrected chi connectivity index (χ4v) is 4.50. The Balaban J connectivity index is 1.43. The Bertz CT molecular complexity index is 1260. The number of amides is 1. The van der Waals surface area contributed by atoms with Gasteiger partial charge >= 0.3 is 0 Å². The number of carbonyl (C=O) groups excluding carboxylic acids is 1. The van der Waals surface area contributed by atoms with Gasteiger partial charge in [0.2, 0.25) is 5.91 Å². The van der Waals surface area contributed by atoms with E-state index in [0.717, 1.165) is 22.4 Å². The number of aryl methyl sites for hydroxylation is 1. The predicted molar refractivity (Wildman–Crippen MR) is 141 cm³/mol. The van der Waals surface area contributed by atoms with Crippen molar-refractivity contribution in [1.29, 1.82) is 0 Å². The minimum Gasteiger partial charge on any atom is -0.492 e. The lowest BCUT2D eigenvalue weighted by Crippen LogP contribution is -2.13. The lowest BCUT2D eigenvalue weighted by Gasteiger charge is -2.13. The summed E-state index contributed by atoms with van der Waals surface area (Å²) in [5.74, 6) is 1.97. The van der Waals surface area contributed by atoms with Gasteiger partial charge in [0, 0.05) is 23.5 Å². The molecule has 0 aliphatic heterocycles. The third-order valence-electron chi connectivity index (χ3n) is 5.32. The molecule has 1 heterocycles. The molecule has 0 atom stereocenters. The van der Waals surface area contributed by atoms with Gasteiger partial charge < -0.3 is 15.4 Å². The summed E-state index contributed by atoms with van der Waals surface area (Å²) in [5, 5.41) is 16.0. The summed E-state index contributed by atoms with van der Waals surface area (Å²) in [6.45, 7) is 5.06. The Morgan fingerprint density at radius 1 is 0.943 bits per heavy atom. The van der Waals surface area contributed by atoms with Crippen molar-refractivity contribution in [2.45, 2.75) is 32.0 Å². The van der Waals surface area contributed by atoms with Gasteiger partial charge in [0.15, 0.2) is 11.0 Å². The Morgan fingerprint density at radius 2 is 1.66 bits per heavy atom. The Labute approximate surface area is 209 Å². The molecule has 8 heteroatoms. The number of anilines is 2. The number of nitrogens with zero attached hydrogens (tertiary/aromatic N) is 3. The van der Waals surface area contributed by atoms with Crippen molar-refractivity contribution in [3.8, 4) is 11.4 Å². The number of hydrogen-bond donors (Lipinski definition) is 2. The van der Waals surface area contributed by atoms with Crippen molar-refractivity contribution in [1.82, 2.24) is 14.8 Å². The molecule has 0 radical (unpaired) electrons. The van der Waals surface area contributed by atoms with Crippen LogP contribution in [0.4, 0.5) is 11.4 Å². The molecule has 0 spiro atoms. The van der Waals surface area contributed by atoms with Crippen LogP contribution in [0.2, 0.25) is 0 Å². The lowest BCUT2D eigenvalue weighted by atomic mass is 10.2. The molecular formula is C27H29N5O2S. The highest BCUT2D eigenvalue weighted by atomic mass is 32.2. The van der Waals surface area contributed by atoms with E-state index in [1.54, 1.807) is 0 Å². The maximum atomic E-state index is 12.6. The van der Waals surface area contributed by atoms with Crippen molar-refractivity contribution in [2.75, 3.05) is 23.0 Å². The van der Waals surface area contributed by atoms with Crippen molar-refractivity contribution < 1.29 is 9.53 Å². The normalized spacial score (nSPS) is 10.7. The summed E-state index contributed by atoms with van der Waals surface area (Å²) in [6, 6.07) is 25.6. The molecule has 2 N–H and O–H groups in total. The van der Waals surface area contributed by atoms with Crippen molar-refractivity contribution in [3.05, 3.63) is 90.3 Å². The monoisotopic (exact) mass is 487 g/mol. The SMILES string of the molecule is CCOc1ccccc1NC(=O)CCSc1nnc(CNc2ccccc2C)n1-c1ccccc1. The summed E-state index contributed by atoms with van der Waals surface area (Å²) in [6.07, 6.45) is 0.337. The number of benzene rings is 3. The van der Waals surface area contributed by atoms with E-state index in [2.05, 4.69) is 39.9 Å². The van der Waals surface area contributed by atoms with E-state index in [0.29, 0.717) is 36.8 Å². The maximum absolute atomic E-state index is 12.6. The maximum Gasteiger partial charge on any atom is 0.225 e. The van der Waals surface area contributed by atoms with E-state index >= 15 is 0 Å². The quantitative estimate of drug-likeness (QED) is 0.264. The molecule has 3 aromatic carbocycles. The van der Waals surface area contributed by atoms with Crippen LogP contribution in [0.1, 0.15) is 24.7 Å². The average molecular weight is 488 g/mol. The molecule has 0 saturated heterocycles. The van der Waals surface area contributed by atoms with Crippen molar-refractivity contribution >= 4 is 29.0 Å². The van der Waals surface area contributed by atoms with Crippen LogP contribution in [-0.4, -0.2) is 33.0 Å². The number of hydrogen-bond acceptors (Lipinski definition) is 6. The summed E-state index contributed by atoms with van der Waals surface area (Å²) in [7, 11) is 0. The minimum absolute atomic E-state index is 0.0723.